The van der Waals surface area contributed by atoms with Gasteiger partial charge in [0.05, 0.1) is 6.04 Å². The van der Waals surface area contributed by atoms with Gasteiger partial charge in [0.2, 0.25) is 5.91 Å². The number of benzene rings is 1. The molecule has 0 radical (unpaired) electrons. The zero-order valence-electron chi connectivity index (χ0n) is 20.3. The Morgan fingerprint density at radius 2 is 1.79 bits per heavy atom. The van der Waals surface area contributed by atoms with Gasteiger partial charge in [0.1, 0.15) is 24.4 Å². The molecule has 1 rings (SSSR count). The molecule has 1 aromatic rings. The Hall–Kier alpha value is -2.90. The highest BCUT2D eigenvalue weighted by atomic mass is 32.2. The third-order valence-electron chi connectivity index (χ3n) is 4.30. The summed E-state index contributed by atoms with van der Waals surface area (Å²) in [6.45, 7) is 6.68. The number of alkyl carbamates (subject to hydrolysis) is 2. The van der Waals surface area contributed by atoms with E-state index in [9.17, 15) is 19.5 Å². The van der Waals surface area contributed by atoms with Gasteiger partial charge in [-0.1, -0.05) is 36.3 Å². The van der Waals surface area contributed by atoms with Crippen LogP contribution in [0.5, 0.6) is 0 Å². The van der Waals surface area contributed by atoms with Crippen molar-refractivity contribution in [3.05, 3.63) is 35.9 Å². The van der Waals surface area contributed by atoms with Crippen molar-refractivity contribution < 1.29 is 29.0 Å². The van der Waals surface area contributed by atoms with Gasteiger partial charge in [0.15, 0.2) is 0 Å². The van der Waals surface area contributed by atoms with E-state index in [2.05, 4.69) is 27.8 Å². The lowest BCUT2D eigenvalue weighted by molar-refractivity contribution is -0.124. The molecule has 0 saturated heterocycles. The first-order valence-electron chi connectivity index (χ1n) is 10.9. The lowest BCUT2D eigenvalue weighted by atomic mass is 10.1. The fourth-order valence-electron chi connectivity index (χ4n) is 2.70. The van der Waals surface area contributed by atoms with Crippen LogP contribution < -0.4 is 16.0 Å². The maximum absolute atomic E-state index is 12.9. The Morgan fingerprint density at radius 3 is 2.38 bits per heavy atom. The van der Waals surface area contributed by atoms with Crippen LogP contribution in [0.25, 0.3) is 0 Å². The average Bonchev–Trinajstić information content (AvgIpc) is 2.77. The number of rotatable bonds is 11. The number of aliphatic hydroxyl groups excluding tert-OH is 1. The quantitative estimate of drug-likeness (QED) is 0.349. The molecule has 4 N–H and O–H groups in total. The molecule has 0 unspecified atom stereocenters. The van der Waals surface area contributed by atoms with Gasteiger partial charge in [0.25, 0.3) is 0 Å². The van der Waals surface area contributed by atoms with Gasteiger partial charge in [-0.05, 0) is 51.7 Å². The normalized spacial score (nSPS) is 13.4. The van der Waals surface area contributed by atoms with Gasteiger partial charge in [-0.2, -0.15) is 11.8 Å². The molecule has 188 valence electrons. The Morgan fingerprint density at radius 1 is 1.12 bits per heavy atom. The molecule has 1 aromatic carbocycles. The zero-order valence-corrected chi connectivity index (χ0v) is 21.2. The minimum absolute atomic E-state index is 0.0809. The monoisotopic (exact) mass is 493 g/mol. The van der Waals surface area contributed by atoms with Gasteiger partial charge < -0.3 is 30.5 Å². The van der Waals surface area contributed by atoms with Crippen LogP contribution in [0.1, 0.15) is 39.7 Å². The lowest BCUT2D eigenvalue weighted by Crippen LogP contribution is -2.56. The summed E-state index contributed by atoms with van der Waals surface area (Å²) in [4.78, 5) is 37.2. The molecule has 3 atom stereocenters. The zero-order chi connectivity index (χ0) is 25.6. The fraction of sp³-hybridized carbons (Fsp3) is 0.542. The summed E-state index contributed by atoms with van der Waals surface area (Å²) >= 11 is 1.52. The minimum Gasteiger partial charge on any atom is -0.445 e. The lowest BCUT2D eigenvalue weighted by Gasteiger charge is -2.26. The first-order chi connectivity index (χ1) is 16.1. The second-order valence-corrected chi connectivity index (χ2v) is 9.36. The molecule has 10 heteroatoms. The van der Waals surface area contributed by atoms with Gasteiger partial charge in [0, 0.05) is 6.54 Å². The summed E-state index contributed by atoms with van der Waals surface area (Å²) in [5, 5.41) is 18.1. The molecule has 0 spiro atoms. The van der Waals surface area contributed by atoms with Crippen molar-refractivity contribution in [3.63, 3.8) is 0 Å². The second-order valence-electron chi connectivity index (χ2n) is 8.38. The van der Waals surface area contributed by atoms with Crippen LogP contribution in [0.2, 0.25) is 0 Å². The molecule has 0 aliphatic heterocycles. The SMILES string of the molecule is CC#C[C@H](O)[C@H](CNC(=O)OCc1ccccc1)NC(=O)[C@H](CCSC)NC(=O)OC(C)(C)C. The van der Waals surface area contributed by atoms with Crippen LogP contribution in [0.15, 0.2) is 30.3 Å². The van der Waals surface area contributed by atoms with Crippen molar-refractivity contribution in [2.75, 3.05) is 18.6 Å². The Kier molecular flexibility index (Phi) is 12.9. The molecular formula is C24H35N3O6S. The predicted molar refractivity (Wildman–Crippen MR) is 132 cm³/mol. The molecule has 34 heavy (non-hydrogen) atoms. The van der Waals surface area contributed by atoms with Crippen molar-refractivity contribution >= 4 is 29.9 Å². The summed E-state index contributed by atoms with van der Waals surface area (Å²) in [6, 6.07) is 7.35. The fourth-order valence-corrected chi connectivity index (χ4v) is 3.17. The number of thioether (sulfide) groups is 1. The van der Waals surface area contributed by atoms with Gasteiger partial charge in [-0.15, -0.1) is 5.92 Å². The summed E-state index contributed by atoms with van der Waals surface area (Å²) in [6.07, 6.45) is -0.434. The van der Waals surface area contributed by atoms with Crippen LogP contribution in [0.4, 0.5) is 9.59 Å². The molecular weight excluding hydrogens is 458 g/mol. The number of aliphatic hydroxyl groups is 1. The Bertz CT molecular complexity index is 848. The summed E-state index contributed by atoms with van der Waals surface area (Å²) in [7, 11) is 0. The Balaban J connectivity index is 2.77. The summed E-state index contributed by atoms with van der Waals surface area (Å²) < 4.78 is 10.4. The van der Waals surface area contributed by atoms with Crippen molar-refractivity contribution in [2.45, 2.75) is 64.5 Å². The van der Waals surface area contributed by atoms with Crippen molar-refractivity contribution in [1.82, 2.24) is 16.0 Å². The average molecular weight is 494 g/mol. The van der Waals surface area contributed by atoms with E-state index in [1.807, 2.05) is 36.6 Å². The molecule has 0 aliphatic rings. The highest BCUT2D eigenvalue weighted by Gasteiger charge is 2.28. The number of carbonyl (C=O) groups excluding carboxylic acids is 3. The number of hydrogen-bond donors (Lipinski definition) is 4. The first-order valence-corrected chi connectivity index (χ1v) is 12.3. The van der Waals surface area contributed by atoms with Crippen molar-refractivity contribution in [3.8, 4) is 11.8 Å². The minimum atomic E-state index is -1.24. The van der Waals surface area contributed by atoms with E-state index in [1.165, 1.54) is 11.8 Å². The van der Waals surface area contributed by atoms with Crippen molar-refractivity contribution in [2.24, 2.45) is 0 Å². The van der Waals surface area contributed by atoms with Crippen LogP contribution in [-0.4, -0.2) is 65.5 Å². The first kappa shape index (κ1) is 29.1. The maximum Gasteiger partial charge on any atom is 0.408 e. The molecule has 9 nitrogen and oxygen atoms in total. The van der Waals surface area contributed by atoms with E-state index >= 15 is 0 Å². The molecule has 0 aliphatic carbocycles. The summed E-state index contributed by atoms with van der Waals surface area (Å²) in [5.41, 5.74) is 0.105. The predicted octanol–water partition coefficient (Wildman–Crippen LogP) is 2.43. The smallest absolute Gasteiger partial charge is 0.408 e. The third kappa shape index (κ3) is 12.4. The molecule has 0 heterocycles. The van der Waals surface area contributed by atoms with Gasteiger partial charge in [-0.3, -0.25) is 4.79 Å². The number of nitrogens with one attached hydrogen (secondary N) is 3. The molecule has 0 aromatic heterocycles. The van der Waals surface area contributed by atoms with Crippen LogP contribution in [0.3, 0.4) is 0 Å². The van der Waals surface area contributed by atoms with E-state index in [0.717, 1.165) is 5.56 Å². The number of amides is 3. The molecule has 0 fully saturated rings. The molecule has 0 bridgehead atoms. The van der Waals surface area contributed by atoms with Crippen LogP contribution >= 0.6 is 11.8 Å². The standard InChI is InChI=1S/C24H35N3O6S/c1-6-10-20(28)19(15-25-22(30)32-16-17-11-8-7-9-12-17)26-21(29)18(13-14-34-5)27-23(31)33-24(2,3)4/h7-9,11-12,18-20,28H,13-16H2,1-5H3,(H,25,30)(H,26,29)(H,27,31)/t18-,19-,20-/m0/s1. The Labute approximate surface area is 205 Å². The van der Waals surface area contributed by atoms with Gasteiger partial charge >= 0.3 is 12.2 Å². The maximum atomic E-state index is 12.9. The van der Waals surface area contributed by atoms with Crippen LogP contribution in [0, 0.1) is 11.8 Å². The van der Waals surface area contributed by atoms with E-state index in [4.69, 9.17) is 9.47 Å². The topological polar surface area (TPSA) is 126 Å². The molecule has 0 saturated carbocycles. The second kappa shape index (κ2) is 15.1. The van der Waals surface area contributed by atoms with E-state index in [1.54, 1.807) is 27.7 Å². The van der Waals surface area contributed by atoms with Crippen molar-refractivity contribution in [1.29, 1.82) is 0 Å². The molecule has 3 amide bonds. The number of carbonyl (C=O) groups is 3. The highest BCUT2D eigenvalue weighted by molar-refractivity contribution is 7.98. The number of ether oxygens (including phenoxy) is 2. The van der Waals surface area contributed by atoms with Crippen LogP contribution in [-0.2, 0) is 20.9 Å². The number of hydrogen-bond acceptors (Lipinski definition) is 7. The van der Waals surface area contributed by atoms with E-state index < -0.39 is 41.9 Å². The van der Waals surface area contributed by atoms with E-state index in [0.29, 0.717) is 12.2 Å². The largest absolute Gasteiger partial charge is 0.445 e. The highest BCUT2D eigenvalue weighted by Crippen LogP contribution is 2.09. The summed E-state index contributed by atoms with van der Waals surface area (Å²) in [5.74, 6) is 5.24. The van der Waals surface area contributed by atoms with E-state index in [-0.39, 0.29) is 13.2 Å². The van der Waals surface area contributed by atoms with Gasteiger partial charge in [-0.25, -0.2) is 9.59 Å². The third-order valence-corrected chi connectivity index (χ3v) is 4.94.